The van der Waals surface area contributed by atoms with Crippen molar-refractivity contribution in [2.24, 2.45) is 5.73 Å². The van der Waals surface area contributed by atoms with E-state index in [0.29, 0.717) is 12.3 Å². The van der Waals surface area contributed by atoms with Crippen molar-refractivity contribution in [3.05, 3.63) is 83.4 Å². The van der Waals surface area contributed by atoms with Gasteiger partial charge in [-0.05, 0) is 64.9 Å². The van der Waals surface area contributed by atoms with E-state index in [9.17, 15) is 9.59 Å². The zero-order valence-corrected chi connectivity index (χ0v) is 17.8. The molecule has 2 amide bonds. The molecule has 3 N–H and O–H groups in total. The largest absolute Gasteiger partial charge is 0.493 e. The lowest BCUT2D eigenvalue weighted by Crippen LogP contribution is -2.28. The molecule has 32 heavy (non-hydrogen) atoms. The van der Waals surface area contributed by atoms with Crippen molar-refractivity contribution in [2.75, 3.05) is 13.2 Å². The molecular weight excluding hydrogens is 404 g/mol. The van der Waals surface area contributed by atoms with Gasteiger partial charge >= 0.3 is 0 Å². The average molecular weight is 431 g/mol. The maximum Gasteiger partial charge on any atom is 0.258 e. The van der Waals surface area contributed by atoms with Gasteiger partial charge in [0.15, 0.2) is 6.61 Å². The Kier molecular flexibility index (Phi) is 6.70. The molecule has 1 heterocycles. The number of nitrogens with one attached hydrogen (secondary N) is 1. The van der Waals surface area contributed by atoms with E-state index in [2.05, 4.69) is 29.6 Å². The fourth-order valence-electron chi connectivity index (χ4n) is 3.66. The van der Waals surface area contributed by atoms with Crippen LogP contribution in [0.1, 0.15) is 23.1 Å². The lowest BCUT2D eigenvalue weighted by molar-refractivity contribution is -0.123. The van der Waals surface area contributed by atoms with Gasteiger partial charge in [-0.1, -0.05) is 42.5 Å². The molecule has 0 aliphatic carbocycles. The SMILES string of the molecule is NC(=O)Cc1ccc(OCC(=O)NCc2ccc(-c3ccc4c(c3)CCCO4)cc2)cc1. The van der Waals surface area contributed by atoms with Crippen LogP contribution in [0.25, 0.3) is 11.1 Å². The van der Waals surface area contributed by atoms with E-state index in [1.165, 1.54) is 11.1 Å². The van der Waals surface area contributed by atoms with Crippen molar-refractivity contribution in [2.45, 2.75) is 25.8 Å². The van der Waals surface area contributed by atoms with Crippen LogP contribution < -0.4 is 20.5 Å². The molecule has 0 bridgehead atoms. The summed E-state index contributed by atoms with van der Waals surface area (Å²) in [5.74, 6) is 0.963. The molecule has 1 aliphatic heterocycles. The second kappa shape index (κ2) is 10.0. The molecule has 0 aromatic heterocycles. The lowest BCUT2D eigenvalue weighted by atomic mass is 9.98. The summed E-state index contributed by atoms with van der Waals surface area (Å²) < 4.78 is 11.2. The second-order valence-electron chi connectivity index (χ2n) is 7.82. The number of amides is 2. The summed E-state index contributed by atoms with van der Waals surface area (Å²) in [7, 11) is 0. The first-order valence-corrected chi connectivity index (χ1v) is 10.7. The van der Waals surface area contributed by atoms with Gasteiger partial charge in [-0.15, -0.1) is 0 Å². The summed E-state index contributed by atoms with van der Waals surface area (Å²) in [6, 6.07) is 21.4. The number of hydrogen-bond acceptors (Lipinski definition) is 4. The van der Waals surface area contributed by atoms with E-state index in [0.717, 1.165) is 41.9 Å². The third-order valence-electron chi connectivity index (χ3n) is 5.36. The molecule has 0 fully saturated rings. The Morgan fingerprint density at radius 1 is 0.938 bits per heavy atom. The number of fused-ring (bicyclic) bond motifs is 1. The number of aryl methyl sites for hydroxylation is 1. The minimum absolute atomic E-state index is 0.0789. The number of benzene rings is 3. The van der Waals surface area contributed by atoms with Gasteiger partial charge in [-0.25, -0.2) is 0 Å². The molecule has 6 nitrogen and oxygen atoms in total. The molecule has 3 aromatic rings. The van der Waals surface area contributed by atoms with E-state index in [-0.39, 0.29) is 24.8 Å². The van der Waals surface area contributed by atoms with Gasteiger partial charge in [0.25, 0.3) is 5.91 Å². The summed E-state index contributed by atoms with van der Waals surface area (Å²) in [5.41, 5.74) is 10.6. The zero-order chi connectivity index (χ0) is 22.3. The first-order valence-electron chi connectivity index (χ1n) is 10.7. The van der Waals surface area contributed by atoms with Crippen molar-refractivity contribution in [3.8, 4) is 22.6 Å². The van der Waals surface area contributed by atoms with Crippen LogP contribution in [-0.4, -0.2) is 25.0 Å². The van der Waals surface area contributed by atoms with Crippen molar-refractivity contribution in [1.82, 2.24) is 5.32 Å². The van der Waals surface area contributed by atoms with E-state index < -0.39 is 0 Å². The number of primary amides is 1. The van der Waals surface area contributed by atoms with Crippen molar-refractivity contribution < 1.29 is 19.1 Å². The Morgan fingerprint density at radius 3 is 2.41 bits per heavy atom. The first kappa shape index (κ1) is 21.4. The number of nitrogens with two attached hydrogens (primary N) is 1. The maximum atomic E-state index is 12.1. The Bertz CT molecular complexity index is 1090. The Balaban J connectivity index is 1.26. The monoisotopic (exact) mass is 430 g/mol. The smallest absolute Gasteiger partial charge is 0.258 e. The van der Waals surface area contributed by atoms with Crippen LogP contribution in [-0.2, 0) is 29.0 Å². The minimum Gasteiger partial charge on any atom is -0.493 e. The van der Waals surface area contributed by atoms with Crippen LogP contribution in [0.3, 0.4) is 0 Å². The summed E-state index contributed by atoms with van der Waals surface area (Å²) >= 11 is 0. The van der Waals surface area contributed by atoms with Crippen molar-refractivity contribution >= 4 is 11.8 Å². The number of carbonyl (C=O) groups excluding carboxylic acids is 2. The standard InChI is InChI=1S/C26H26N2O4/c27-25(29)14-18-5-10-23(11-6-18)32-17-26(30)28-16-19-3-7-20(8-4-19)21-9-12-24-22(15-21)2-1-13-31-24/h3-12,15H,1-2,13-14,16-17H2,(H2,27,29)(H,28,30). The number of ether oxygens (including phenoxy) is 2. The van der Waals surface area contributed by atoms with Crippen LogP contribution in [0.2, 0.25) is 0 Å². The van der Waals surface area contributed by atoms with Crippen LogP contribution in [0.4, 0.5) is 0 Å². The molecule has 0 unspecified atom stereocenters. The molecule has 6 heteroatoms. The summed E-state index contributed by atoms with van der Waals surface area (Å²) in [6.45, 7) is 1.14. The number of carbonyl (C=O) groups is 2. The van der Waals surface area contributed by atoms with Crippen molar-refractivity contribution in [3.63, 3.8) is 0 Å². The summed E-state index contributed by atoms with van der Waals surface area (Å²) in [4.78, 5) is 23.1. The Morgan fingerprint density at radius 2 is 1.66 bits per heavy atom. The Hall–Kier alpha value is -3.80. The topological polar surface area (TPSA) is 90.7 Å². The molecular formula is C26H26N2O4. The predicted octanol–water partition coefficient (Wildman–Crippen LogP) is 3.40. The van der Waals surface area contributed by atoms with Crippen LogP contribution in [0.15, 0.2) is 66.7 Å². The van der Waals surface area contributed by atoms with Crippen LogP contribution in [0, 0.1) is 0 Å². The van der Waals surface area contributed by atoms with Gasteiger partial charge in [0.1, 0.15) is 11.5 Å². The third kappa shape index (κ3) is 5.66. The fraction of sp³-hybridized carbons (Fsp3) is 0.231. The van der Waals surface area contributed by atoms with E-state index in [1.54, 1.807) is 24.3 Å². The molecule has 0 saturated heterocycles. The molecule has 4 rings (SSSR count). The number of rotatable bonds is 8. The van der Waals surface area contributed by atoms with Crippen molar-refractivity contribution in [1.29, 1.82) is 0 Å². The van der Waals surface area contributed by atoms with Crippen LogP contribution in [0.5, 0.6) is 11.5 Å². The normalized spacial score (nSPS) is 12.4. The van der Waals surface area contributed by atoms with Gasteiger partial charge in [-0.2, -0.15) is 0 Å². The molecule has 0 saturated carbocycles. The van der Waals surface area contributed by atoms with Gasteiger partial charge in [0.2, 0.25) is 5.91 Å². The lowest BCUT2D eigenvalue weighted by Gasteiger charge is -2.18. The third-order valence-corrected chi connectivity index (χ3v) is 5.36. The first-order chi connectivity index (χ1) is 15.6. The van der Waals surface area contributed by atoms with Gasteiger partial charge in [0, 0.05) is 6.54 Å². The van der Waals surface area contributed by atoms with Gasteiger partial charge < -0.3 is 20.5 Å². The zero-order valence-electron chi connectivity index (χ0n) is 17.8. The van der Waals surface area contributed by atoms with Gasteiger partial charge in [-0.3, -0.25) is 9.59 Å². The molecule has 3 aromatic carbocycles. The van der Waals surface area contributed by atoms with E-state index in [1.807, 2.05) is 18.2 Å². The summed E-state index contributed by atoms with van der Waals surface area (Å²) in [6.07, 6.45) is 2.28. The molecule has 0 spiro atoms. The highest BCUT2D eigenvalue weighted by molar-refractivity contribution is 5.78. The van der Waals surface area contributed by atoms with E-state index in [4.69, 9.17) is 15.2 Å². The molecule has 0 atom stereocenters. The molecule has 164 valence electrons. The molecule has 0 radical (unpaired) electrons. The predicted molar refractivity (Wildman–Crippen MR) is 122 cm³/mol. The van der Waals surface area contributed by atoms with E-state index >= 15 is 0 Å². The number of hydrogen-bond donors (Lipinski definition) is 2. The Labute approximate surface area is 187 Å². The quantitative estimate of drug-likeness (QED) is 0.573. The van der Waals surface area contributed by atoms with Gasteiger partial charge in [0.05, 0.1) is 13.0 Å². The second-order valence-corrected chi connectivity index (χ2v) is 7.82. The minimum atomic E-state index is -0.386. The van der Waals surface area contributed by atoms with Crippen LogP contribution >= 0.6 is 0 Å². The highest BCUT2D eigenvalue weighted by atomic mass is 16.5. The highest BCUT2D eigenvalue weighted by Gasteiger charge is 2.11. The average Bonchev–Trinajstić information content (AvgIpc) is 2.82. The molecule has 1 aliphatic rings. The maximum absolute atomic E-state index is 12.1. The highest BCUT2D eigenvalue weighted by Crippen LogP contribution is 2.30. The fourth-order valence-corrected chi connectivity index (χ4v) is 3.66. The summed E-state index contributed by atoms with van der Waals surface area (Å²) in [5, 5.41) is 2.87.